The van der Waals surface area contributed by atoms with Gasteiger partial charge in [-0.15, -0.1) is 0 Å². The summed E-state index contributed by atoms with van der Waals surface area (Å²) in [5, 5.41) is 11.9. The van der Waals surface area contributed by atoms with Crippen molar-refractivity contribution in [2.75, 3.05) is 5.32 Å². The van der Waals surface area contributed by atoms with Crippen LogP contribution in [0.5, 0.6) is 0 Å². The van der Waals surface area contributed by atoms with Crippen molar-refractivity contribution in [3.05, 3.63) is 40.2 Å². The molecule has 22 heavy (non-hydrogen) atoms. The molecule has 1 aromatic heterocycles. The second-order valence-corrected chi connectivity index (χ2v) is 4.99. The molecule has 0 fully saturated rings. The van der Waals surface area contributed by atoms with Gasteiger partial charge < -0.3 is 20.6 Å². The van der Waals surface area contributed by atoms with Crippen molar-refractivity contribution in [2.45, 2.75) is 25.8 Å². The van der Waals surface area contributed by atoms with Crippen molar-refractivity contribution >= 4 is 28.5 Å². The van der Waals surface area contributed by atoms with Crippen LogP contribution in [0.2, 0.25) is 0 Å². The Kier molecular flexibility index (Phi) is 4.57. The molecule has 1 amide bonds. The Morgan fingerprint density at radius 3 is 2.77 bits per heavy atom. The van der Waals surface area contributed by atoms with Crippen LogP contribution in [0, 0.1) is 6.92 Å². The third kappa shape index (κ3) is 3.70. The highest BCUT2D eigenvalue weighted by atomic mass is 16.4. The molecule has 7 nitrogen and oxygen atoms in total. The Morgan fingerprint density at radius 1 is 1.36 bits per heavy atom. The lowest BCUT2D eigenvalue weighted by Gasteiger charge is -2.11. The van der Waals surface area contributed by atoms with Gasteiger partial charge in [0.05, 0.1) is 6.04 Å². The van der Waals surface area contributed by atoms with Gasteiger partial charge in [0.2, 0.25) is 5.91 Å². The number of benzene rings is 1. The number of nitrogens with two attached hydrogens (primary N) is 1. The number of hydrogen-bond acceptors (Lipinski definition) is 5. The van der Waals surface area contributed by atoms with Crippen LogP contribution in [-0.2, 0) is 9.59 Å². The van der Waals surface area contributed by atoms with Crippen molar-refractivity contribution in [3.8, 4) is 0 Å². The van der Waals surface area contributed by atoms with Crippen LogP contribution in [0.15, 0.2) is 33.5 Å². The van der Waals surface area contributed by atoms with Gasteiger partial charge in [-0.3, -0.25) is 9.59 Å². The lowest BCUT2D eigenvalue weighted by atomic mass is 10.1. The number of amides is 1. The van der Waals surface area contributed by atoms with E-state index in [1.54, 1.807) is 19.1 Å². The highest BCUT2D eigenvalue weighted by Crippen LogP contribution is 2.20. The fourth-order valence-electron chi connectivity index (χ4n) is 2.05. The average Bonchev–Trinajstić information content (AvgIpc) is 2.43. The highest BCUT2D eigenvalue weighted by Gasteiger charge is 2.15. The van der Waals surface area contributed by atoms with E-state index in [1.165, 1.54) is 12.1 Å². The molecule has 0 saturated heterocycles. The fourth-order valence-corrected chi connectivity index (χ4v) is 2.05. The Balaban J connectivity index is 2.16. The maximum Gasteiger partial charge on any atom is 0.336 e. The van der Waals surface area contributed by atoms with Crippen LogP contribution in [0.3, 0.4) is 0 Å². The van der Waals surface area contributed by atoms with E-state index in [1.807, 2.05) is 0 Å². The van der Waals surface area contributed by atoms with Crippen molar-refractivity contribution < 1.29 is 19.1 Å². The molecular weight excluding hydrogens is 288 g/mol. The molecule has 0 aliphatic rings. The maximum atomic E-state index is 11.9. The molecule has 0 radical (unpaired) electrons. The van der Waals surface area contributed by atoms with E-state index in [-0.39, 0.29) is 12.8 Å². The van der Waals surface area contributed by atoms with Gasteiger partial charge in [-0.1, -0.05) is 0 Å². The van der Waals surface area contributed by atoms with Gasteiger partial charge in [0.25, 0.3) is 0 Å². The molecule has 0 unspecified atom stereocenters. The third-order valence-electron chi connectivity index (χ3n) is 3.22. The Bertz CT molecular complexity index is 781. The molecule has 1 aromatic carbocycles. The summed E-state index contributed by atoms with van der Waals surface area (Å²) in [4.78, 5) is 33.7. The van der Waals surface area contributed by atoms with Gasteiger partial charge in [-0.05, 0) is 31.0 Å². The number of carboxylic acid groups (broad SMARTS) is 1. The topological polar surface area (TPSA) is 123 Å². The minimum Gasteiger partial charge on any atom is -0.481 e. The largest absolute Gasteiger partial charge is 0.481 e. The van der Waals surface area contributed by atoms with E-state index in [0.717, 1.165) is 10.9 Å². The average molecular weight is 304 g/mol. The summed E-state index contributed by atoms with van der Waals surface area (Å²) in [6.07, 6.45) is -0.136. The number of carbonyl (C=O) groups is 2. The van der Waals surface area contributed by atoms with Gasteiger partial charge in [-0.25, -0.2) is 4.79 Å². The minimum absolute atomic E-state index is 0.0446. The molecule has 2 rings (SSSR count). The standard InChI is InChI=1S/C15H16N2O5/c1-8-6-14(20)22-12-7-9(2-3-10(8)12)17-15(21)11(16)4-5-13(18)19/h2-3,6-7,11H,4-5,16H2,1H3,(H,17,21)(H,18,19)/t11-/m0/s1. The summed E-state index contributed by atoms with van der Waals surface area (Å²) >= 11 is 0. The summed E-state index contributed by atoms with van der Waals surface area (Å²) in [6, 6.07) is 5.40. The lowest BCUT2D eigenvalue weighted by Crippen LogP contribution is -2.36. The zero-order chi connectivity index (χ0) is 16.3. The molecule has 0 saturated carbocycles. The van der Waals surface area contributed by atoms with Crippen LogP contribution >= 0.6 is 0 Å². The number of carbonyl (C=O) groups excluding carboxylic acids is 1. The number of anilines is 1. The van der Waals surface area contributed by atoms with Gasteiger partial charge in [0, 0.05) is 29.6 Å². The van der Waals surface area contributed by atoms with Crippen molar-refractivity contribution in [1.29, 1.82) is 0 Å². The predicted octanol–water partition coefficient (Wildman–Crippen LogP) is 1.23. The zero-order valence-electron chi connectivity index (χ0n) is 12.0. The number of rotatable bonds is 5. The molecular formula is C15H16N2O5. The molecule has 0 spiro atoms. The van der Waals surface area contributed by atoms with Crippen LogP contribution in [-0.4, -0.2) is 23.0 Å². The van der Waals surface area contributed by atoms with E-state index in [4.69, 9.17) is 15.3 Å². The first-order chi connectivity index (χ1) is 10.4. The molecule has 116 valence electrons. The molecule has 0 aliphatic carbocycles. The second-order valence-electron chi connectivity index (χ2n) is 4.99. The Hall–Kier alpha value is -2.67. The van der Waals surface area contributed by atoms with Crippen LogP contribution in [0.1, 0.15) is 18.4 Å². The van der Waals surface area contributed by atoms with Crippen LogP contribution in [0.25, 0.3) is 11.0 Å². The summed E-state index contributed by atoms with van der Waals surface area (Å²) in [6.45, 7) is 1.79. The van der Waals surface area contributed by atoms with Crippen molar-refractivity contribution in [3.63, 3.8) is 0 Å². The van der Waals surface area contributed by atoms with Gasteiger partial charge in [-0.2, -0.15) is 0 Å². The van der Waals surface area contributed by atoms with Crippen molar-refractivity contribution in [1.82, 2.24) is 0 Å². The first-order valence-corrected chi connectivity index (χ1v) is 6.69. The van der Waals surface area contributed by atoms with E-state index in [9.17, 15) is 14.4 Å². The third-order valence-corrected chi connectivity index (χ3v) is 3.22. The predicted molar refractivity (Wildman–Crippen MR) is 80.7 cm³/mol. The lowest BCUT2D eigenvalue weighted by molar-refractivity contribution is -0.137. The first kappa shape index (κ1) is 15.7. The van der Waals surface area contributed by atoms with E-state index in [0.29, 0.717) is 11.3 Å². The van der Waals surface area contributed by atoms with E-state index >= 15 is 0 Å². The van der Waals surface area contributed by atoms with Crippen LogP contribution < -0.4 is 16.7 Å². The van der Waals surface area contributed by atoms with Gasteiger partial charge in [0.1, 0.15) is 5.58 Å². The molecule has 4 N–H and O–H groups in total. The zero-order valence-corrected chi connectivity index (χ0v) is 12.0. The molecule has 1 heterocycles. The van der Waals surface area contributed by atoms with Gasteiger partial charge in [0.15, 0.2) is 0 Å². The number of hydrogen-bond donors (Lipinski definition) is 3. The molecule has 7 heteroatoms. The number of aryl methyl sites for hydroxylation is 1. The fraction of sp³-hybridized carbons (Fsp3) is 0.267. The summed E-state index contributed by atoms with van der Waals surface area (Å²) in [5.41, 5.74) is 6.73. The summed E-state index contributed by atoms with van der Waals surface area (Å²) in [7, 11) is 0. The summed E-state index contributed by atoms with van der Waals surface area (Å²) < 4.78 is 5.09. The Labute approximate surface area is 125 Å². The number of nitrogens with one attached hydrogen (secondary N) is 1. The van der Waals surface area contributed by atoms with Crippen molar-refractivity contribution in [2.24, 2.45) is 5.73 Å². The van der Waals surface area contributed by atoms with E-state index in [2.05, 4.69) is 5.32 Å². The Morgan fingerprint density at radius 2 is 2.09 bits per heavy atom. The highest BCUT2D eigenvalue weighted by molar-refractivity contribution is 5.96. The van der Waals surface area contributed by atoms with Crippen LogP contribution in [0.4, 0.5) is 5.69 Å². The number of carboxylic acids is 1. The quantitative estimate of drug-likeness (QED) is 0.714. The summed E-state index contributed by atoms with van der Waals surface area (Å²) in [5.74, 6) is -1.50. The maximum absolute atomic E-state index is 11.9. The number of fused-ring (bicyclic) bond motifs is 1. The molecule has 1 atom stereocenters. The van der Waals surface area contributed by atoms with Gasteiger partial charge >= 0.3 is 11.6 Å². The minimum atomic E-state index is -1.01. The monoisotopic (exact) mass is 304 g/mol. The second kappa shape index (κ2) is 6.40. The SMILES string of the molecule is Cc1cc(=O)oc2cc(NC(=O)[C@@H](N)CCC(=O)O)ccc12. The molecule has 2 aromatic rings. The smallest absolute Gasteiger partial charge is 0.336 e. The first-order valence-electron chi connectivity index (χ1n) is 6.69. The molecule has 0 bridgehead atoms. The molecule has 0 aliphatic heterocycles. The number of aliphatic carboxylic acids is 1. The van der Waals surface area contributed by atoms with E-state index < -0.39 is 23.5 Å². The normalized spacial score (nSPS) is 12.1.